The highest BCUT2D eigenvalue weighted by Crippen LogP contribution is 2.16. The van der Waals surface area contributed by atoms with E-state index >= 15 is 0 Å². The number of para-hydroxylation sites is 1. The normalized spacial score (nSPS) is 11.1. The van der Waals surface area contributed by atoms with Gasteiger partial charge in [0, 0.05) is 0 Å². The SMILES string of the molecule is CCCCCCCCCC=COc1ccccc1C. The molecule has 0 spiro atoms. The van der Waals surface area contributed by atoms with Gasteiger partial charge in [-0.2, -0.15) is 0 Å². The summed E-state index contributed by atoms with van der Waals surface area (Å²) >= 11 is 0. The third kappa shape index (κ3) is 7.71. The quantitative estimate of drug-likeness (QED) is 0.369. The number of unbranched alkanes of at least 4 members (excludes halogenated alkanes) is 7. The summed E-state index contributed by atoms with van der Waals surface area (Å²) in [6.07, 6.45) is 14.6. The molecule has 106 valence electrons. The van der Waals surface area contributed by atoms with E-state index in [4.69, 9.17) is 4.74 Å². The second kappa shape index (κ2) is 10.7. The van der Waals surface area contributed by atoms with Crippen molar-refractivity contribution >= 4 is 0 Å². The molecule has 0 aliphatic carbocycles. The highest BCUT2D eigenvalue weighted by molar-refractivity contribution is 5.32. The molecule has 0 heterocycles. The van der Waals surface area contributed by atoms with Crippen LogP contribution in [0.25, 0.3) is 0 Å². The summed E-state index contributed by atoms with van der Waals surface area (Å²) in [4.78, 5) is 0. The van der Waals surface area contributed by atoms with Crippen molar-refractivity contribution in [2.45, 2.75) is 65.2 Å². The molecule has 0 saturated heterocycles. The Morgan fingerprint density at radius 1 is 0.947 bits per heavy atom. The zero-order chi connectivity index (χ0) is 13.8. The fourth-order valence-electron chi connectivity index (χ4n) is 2.10. The van der Waals surface area contributed by atoms with Gasteiger partial charge < -0.3 is 4.74 Å². The van der Waals surface area contributed by atoms with Crippen molar-refractivity contribution in [1.29, 1.82) is 0 Å². The predicted octanol–water partition coefficient (Wildman–Crippen LogP) is 6.03. The Bertz CT molecular complexity index is 354. The Morgan fingerprint density at radius 3 is 2.37 bits per heavy atom. The van der Waals surface area contributed by atoms with E-state index in [-0.39, 0.29) is 0 Å². The first-order valence-corrected chi connectivity index (χ1v) is 7.72. The fraction of sp³-hybridized carbons (Fsp3) is 0.556. The van der Waals surface area contributed by atoms with Gasteiger partial charge >= 0.3 is 0 Å². The topological polar surface area (TPSA) is 9.23 Å². The molecule has 0 aliphatic heterocycles. The Balaban J connectivity index is 2.01. The van der Waals surface area contributed by atoms with Gasteiger partial charge in [0.1, 0.15) is 5.75 Å². The van der Waals surface area contributed by atoms with E-state index in [2.05, 4.69) is 26.0 Å². The number of hydrogen-bond donors (Lipinski definition) is 0. The van der Waals surface area contributed by atoms with Crippen LogP contribution in [0.3, 0.4) is 0 Å². The van der Waals surface area contributed by atoms with Crippen molar-refractivity contribution in [3.63, 3.8) is 0 Å². The second-order valence-electron chi connectivity index (χ2n) is 5.17. The molecule has 0 aromatic heterocycles. The molecule has 1 rings (SSSR count). The second-order valence-corrected chi connectivity index (χ2v) is 5.17. The van der Waals surface area contributed by atoms with Gasteiger partial charge in [-0.1, -0.05) is 63.6 Å². The molecule has 0 unspecified atom stereocenters. The van der Waals surface area contributed by atoms with Crippen molar-refractivity contribution in [2.24, 2.45) is 0 Å². The summed E-state index contributed by atoms with van der Waals surface area (Å²) in [5.74, 6) is 0.957. The minimum Gasteiger partial charge on any atom is -0.465 e. The molecule has 1 nitrogen and oxygen atoms in total. The molecule has 1 aromatic carbocycles. The molecule has 0 atom stereocenters. The largest absolute Gasteiger partial charge is 0.465 e. The predicted molar refractivity (Wildman–Crippen MR) is 83.6 cm³/mol. The minimum atomic E-state index is 0.957. The molecule has 0 fully saturated rings. The van der Waals surface area contributed by atoms with Gasteiger partial charge in [-0.15, -0.1) is 0 Å². The Morgan fingerprint density at radius 2 is 1.63 bits per heavy atom. The maximum atomic E-state index is 5.62. The molecule has 19 heavy (non-hydrogen) atoms. The smallest absolute Gasteiger partial charge is 0.129 e. The van der Waals surface area contributed by atoms with Crippen LogP contribution in [0.15, 0.2) is 36.6 Å². The average molecular weight is 260 g/mol. The molecule has 0 aliphatic rings. The van der Waals surface area contributed by atoms with Crippen LogP contribution in [-0.2, 0) is 0 Å². The van der Waals surface area contributed by atoms with E-state index < -0.39 is 0 Å². The molecular weight excluding hydrogens is 232 g/mol. The number of aryl methyl sites for hydroxylation is 1. The van der Waals surface area contributed by atoms with Crippen LogP contribution >= 0.6 is 0 Å². The van der Waals surface area contributed by atoms with Crippen LogP contribution in [0.2, 0.25) is 0 Å². The lowest BCUT2D eigenvalue weighted by Crippen LogP contribution is -1.85. The third-order valence-electron chi connectivity index (χ3n) is 3.36. The summed E-state index contributed by atoms with van der Waals surface area (Å²) in [7, 11) is 0. The van der Waals surface area contributed by atoms with Crippen molar-refractivity contribution in [2.75, 3.05) is 0 Å². The molecule has 0 saturated carbocycles. The number of hydrogen-bond acceptors (Lipinski definition) is 1. The van der Waals surface area contributed by atoms with Gasteiger partial charge in [0.05, 0.1) is 6.26 Å². The van der Waals surface area contributed by atoms with Crippen LogP contribution in [0.1, 0.15) is 63.9 Å². The Hall–Kier alpha value is -1.24. The van der Waals surface area contributed by atoms with Gasteiger partial charge in [0.25, 0.3) is 0 Å². The molecule has 0 amide bonds. The average Bonchev–Trinajstić information content (AvgIpc) is 2.43. The highest BCUT2D eigenvalue weighted by Gasteiger charge is 1.94. The lowest BCUT2D eigenvalue weighted by atomic mass is 10.1. The van der Waals surface area contributed by atoms with Gasteiger partial charge in [0.15, 0.2) is 0 Å². The summed E-state index contributed by atoms with van der Waals surface area (Å²) in [5.41, 5.74) is 1.18. The molecule has 0 N–H and O–H groups in total. The summed E-state index contributed by atoms with van der Waals surface area (Å²) in [5, 5.41) is 0. The highest BCUT2D eigenvalue weighted by atomic mass is 16.5. The van der Waals surface area contributed by atoms with Gasteiger partial charge in [-0.05, 0) is 37.5 Å². The summed E-state index contributed by atoms with van der Waals surface area (Å²) in [6.45, 7) is 4.33. The van der Waals surface area contributed by atoms with Crippen LogP contribution < -0.4 is 4.74 Å². The number of rotatable bonds is 10. The first-order chi connectivity index (χ1) is 9.34. The monoisotopic (exact) mass is 260 g/mol. The zero-order valence-electron chi connectivity index (χ0n) is 12.5. The number of benzene rings is 1. The van der Waals surface area contributed by atoms with Crippen molar-refractivity contribution in [1.82, 2.24) is 0 Å². The Labute approximate surface area is 118 Å². The fourth-order valence-corrected chi connectivity index (χ4v) is 2.10. The zero-order valence-corrected chi connectivity index (χ0v) is 12.5. The standard InChI is InChI=1S/C18H28O/c1-3-4-5-6-7-8-9-10-13-16-19-18-15-12-11-14-17(18)2/h11-16H,3-10H2,1-2H3. The third-order valence-corrected chi connectivity index (χ3v) is 3.36. The first kappa shape index (κ1) is 15.8. The Kier molecular flexibility index (Phi) is 8.87. The van der Waals surface area contributed by atoms with Crippen molar-refractivity contribution in [3.8, 4) is 5.75 Å². The van der Waals surface area contributed by atoms with Gasteiger partial charge in [-0.3, -0.25) is 0 Å². The van der Waals surface area contributed by atoms with Gasteiger partial charge in [0.2, 0.25) is 0 Å². The van der Waals surface area contributed by atoms with E-state index in [9.17, 15) is 0 Å². The number of ether oxygens (including phenoxy) is 1. The molecule has 0 radical (unpaired) electrons. The van der Waals surface area contributed by atoms with E-state index in [0.717, 1.165) is 12.2 Å². The van der Waals surface area contributed by atoms with E-state index in [1.807, 2.05) is 24.5 Å². The van der Waals surface area contributed by atoms with E-state index in [0.29, 0.717) is 0 Å². The lowest BCUT2D eigenvalue weighted by molar-refractivity contribution is 0.474. The molecule has 1 aromatic rings. The van der Waals surface area contributed by atoms with Crippen LogP contribution in [0.5, 0.6) is 5.75 Å². The first-order valence-electron chi connectivity index (χ1n) is 7.72. The molecular formula is C18H28O. The van der Waals surface area contributed by atoms with E-state index in [1.54, 1.807) is 0 Å². The summed E-state index contributed by atoms with van der Waals surface area (Å²) in [6, 6.07) is 8.11. The van der Waals surface area contributed by atoms with Gasteiger partial charge in [-0.25, -0.2) is 0 Å². The molecule has 1 heteroatoms. The van der Waals surface area contributed by atoms with Crippen molar-refractivity contribution in [3.05, 3.63) is 42.2 Å². The molecule has 0 bridgehead atoms. The van der Waals surface area contributed by atoms with Crippen LogP contribution in [0.4, 0.5) is 0 Å². The maximum Gasteiger partial charge on any atom is 0.129 e. The number of allylic oxidation sites excluding steroid dienone is 1. The maximum absolute atomic E-state index is 5.62. The lowest BCUT2D eigenvalue weighted by Gasteiger charge is -2.03. The summed E-state index contributed by atoms with van der Waals surface area (Å²) < 4.78 is 5.62. The van der Waals surface area contributed by atoms with E-state index in [1.165, 1.54) is 50.5 Å². The minimum absolute atomic E-state index is 0.957. The van der Waals surface area contributed by atoms with Crippen LogP contribution in [0, 0.1) is 6.92 Å². The van der Waals surface area contributed by atoms with Crippen molar-refractivity contribution < 1.29 is 4.74 Å². The van der Waals surface area contributed by atoms with Crippen LogP contribution in [-0.4, -0.2) is 0 Å².